The normalized spacial score (nSPS) is 10.2. The van der Waals surface area contributed by atoms with Gasteiger partial charge in [0.2, 0.25) is 0 Å². The number of rotatable bonds is 21. The maximum absolute atomic E-state index is 7.17. The van der Waals surface area contributed by atoms with Gasteiger partial charge < -0.3 is 48.2 Å². The molecule has 3 aromatic carbocycles. The Kier molecular flexibility index (Phi) is 31.9. The molecular weight excluding hydrogens is 718 g/mol. The highest BCUT2D eigenvalue weighted by molar-refractivity contribution is 6.32. The van der Waals surface area contributed by atoms with Gasteiger partial charge in [0.05, 0.1) is 0 Å². The van der Waals surface area contributed by atoms with E-state index in [0.717, 1.165) is 68.5 Å². The van der Waals surface area contributed by atoms with Crippen molar-refractivity contribution < 1.29 is 15.1 Å². The summed E-state index contributed by atoms with van der Waals surface area (Å²) in [6.07, 6.45) is 15.3. The molecule has 13 heteroatoms. The Hall–Kier alpha value is -2.25. The van der Waals surface area contributed by atoms with Crippen LogP contribution >= 0.6 is 34.8 Å². The molecule has 0 atom stereocenters. The molecule has 0 unspecified atom stereocenters. The molecule has 9 nitrogen and oxygen atoms in total. The summed E-state index contributed by atoms with van der Waals surface area (Å²) in [6.45, 7) is 11.2. The molecule has 0 aliphatic carbocycles. The van der Waals surface area contributed by atoms with Crippen LogP contribution in [-0.2, 0) is 19.6 Å². The second-order valence-electron chi connectivity index (χ2n) is 12.3. The molecule has 0 aliphatic rings. The van der Waals surface area contributed by atoms with E-state index in [9.17, 15) is 0 Å². The van der Waals surface area contributed by atoms with Crippen LogP contribution < -0.4 is 33.2 Å². The molecule has 3 rings (SSSR count). The molecule has 12 N–H and O–H groups in total. The lowest BCUT2D eigenvalue weighted by Crippen LogP contribution is -2.07. The molecule has 0 amide bonds. The quantitative estimate of drug-likeness (QED) is 0.0377. The highest BCUT2D eigenvalue weighted by Gasteiger charge is 2.02. The van der Waals surface area contributed by atoms with Crippen molar-refractivity contribution in [1.29, 1.82) is 0 Å². The first-order valence-electron chi connectivity index (χ1n) is 18.8. The average Bonchev–Trinajstić information content (AvgIpc) is 3.12. The predicted molar refractivity (Wildman–Crippen MR) is 228 cm³/mol. The Morgan fingerprint density at radius 3 is 0.904 bits per heavy atom. The van der Waals surface area contributed by atoms with Gasteiger partial charge in [0, 0.05) is 71.4 Å². The van der Waals surface area contributed by atoms with E-state index in [2.05, 4.69) is 36.7 Å². The van der Waals surface area contributed by atoms with Crippen LogP contribution in [0.2, 0.25) is 15.1 Å². The van der Waals surface area contributed by atoms with E-state index in [1.54, 1.807) is 0 Å². The smallest absolute Gasteiger partial charge is 0.402 e. The van der Waals surface area contributed by atoms with E-state index in [4.69, 9.17) is 67.1 Å². The largest absolute Gasteiger partial charge is 0.631 e. The molecule has 0 saturated carbocycles. The molecule has 0 bridgehead atoms. The summed E-state index contributed by atoms with van der Waals surface area (Å²) in [5.41, 5.74) is 22.9. The fourth-order valence-electron chi connectivity index (χ4n) is 4.82. The second-order valence-corrected chi connectivity index (χ2v) is 13.6. The molecular formula is C39H66BCl3N6O3. The minimum atomic E-state index is -2.17. The first-order valence-corrected chi connectivity index (χ1v) is 19.9. The topological polar surface area (TPSA) is 175 Å². The van der Waals surface area contributed by atoms with Gasteiger partial charge in [-0.3, -0.25) is 0 Å². The molecule has 3 aromatic rings. The Balaban J connectivity index is 0.000000712. The van der Waals surface area contributed by atoms with Crippen LogP contribution in [-0.4, -0.2) is 42.0 Å². The molecule has 0 saturated heterocycles. The van der Waals surface area contributed by atoms with Crippen molar-refractivity contribution in [2.24, 2.45) is 17.2 Å². The lowest BCUT2D eigenvalue weighted by Gasteiger charge is -2.08. The molecule has 294 valence electrons. The Morgan fingerprint density at radius 1 is 0.462 bits per heavy atom. The van der Waals surface area contributed by atoms with Gasteiger partial charge in [-0.25, -0.2) is 0 Å². The van der Waals surface area contributed by atoms with Gasteiger partial charge in [-0.1, -0.05) is 132 Å². The number of nitrogens with one attached hydrogen (secondary N) is 3. The zero-order valence-corrected chi connectivity index (χ0v) is 34.0. The summed E-state index contributed by atoms with van der Waals surface area (Å²) in [6, 6.07) is 17.9. The Labute approximate surface area is 329 Å². The number of hydrogen-bond donors (Lipinski definition) is 9. The maximum Gasteiger partial charge on any atom is 0.631 e. The summed E-state index contributed by atoms with van der Waals surface area (Å²) in [4.78, 5) is 0. The lowest BCUT2D eigenvalue weighted by atomic mass is 10.2. The average molecular weight is 784 g/mol. The molecule has 0 aliphatic heterocycles. The van der Waals surface area contributed by atoms with Gasteiger partial charge in [-0.2, -0.15) is 0 Å². The van der Waals surface area contributed by atoms with Crippen molar-refractivity contribution in [1.82, 2.24) is 0 Å². The van der Waals surface area contributed by atoms with Crippen LogP contribution in [0.5, 0.6) is 0 Å². The number of anilines is 3. The highest BCUT2D eigenvalue weighted by Crippen LogP contribution is 2.22. The lowest BCUT2D eigenvalue weighted by molar-refractivity contribution is 0.278. The van der Waals surface area contributed by atoms with Crippen LogP contribution in [0, 0.1) is 0 Å². The molecule has 0 aromatic heterocycles. The van der Waals surface area contributed by atoms with E-state index < -0.39 is 7.32 Å². The van der Waals surface area contributed by atoms with Gasteiger partial charge in [-0.05, 0) is 72.4 Å². The van der Waals surface area contributed by atoms with E-state index in [1.165, 1.54) is 77.0 Å². The van der Waals surface area contributed by atoms with Gasteiger partial charge in [-0.15, -0.1) is 0 Å². The Morgan fingerprint density at radius 2 is 0.712 bits per heavy atom. The van der Waals surface area contributed by atoms with Crippen LogP contribution in [0.4, 0.5) is 17.1 Å². The predicted octanol–water partition coefficient (Wildman–Crippen LogP) is 9.32. The van der Waals surface area contributed by atoms with E-state index in [1.807, 2.05) is 54.6 Å². The van der Waals surface area contributed by atoms with Crippen molar-refractivity contribution >= 4 is 59.2 Å². The zero-order valence-electron chi connectivity index (χ0n) is 31.7. The van der Waals surface area contributed by atoms with Crippen molar-refractivity contribution in [3.63, 3.8) is 0 Å². The van der Waals surface area contributed by atoms with Crippen LogP contribution in [0.3, 0.4) is 0 Å². The summed E-state index contributed by atoms with van der Waals surface area (Å²) in [7, 11) is -2.17. The van der Waals surface area contributed by atoms with E-state index in [0.29, 0.717) is 19.6 Å². The number of benzene rings is 3. The minimum Gasteiger partial charge on any atom is -0.402 e. The number of halogens is 3. The monoisotopic (exact) mass is 782 g/mol. The second kappa shape index (κ2) is 33.3. The molecule has 0 heterocycles. The maximum atomic E-state index is 7.17. The molecule has 0 fully saturated rings. The van der Waals surface area contributed by atoms with Gasteiger partial charge in [0.15, 0.2) is 0 Å². The number of hydrogen-bond acceptors (Lipinski definition) is 9. The summed E-state index contributed by atoms with van der Waals surface area (Å²) >= 11 is 18.2. The number of nitrogens with two attached hydrogens (primary N) is 3. The van der Waals surface area contributed by atoms with Crippen LogP contribution in [0.25, 0.3) is 0 Å². The van der Waals surface area contributed by atoms with E-state index >= 15 is 0 Å². The van der Waals surface area contributed by atoms with Crippen LogP contribution in [0.15, 0.2) is 54.6 Å². The van der Waals surface area contributed by atoms with Gasteiger partial charge >= 0.3 is 7.32 Å². The fraction of sp³-hybridized carbons (Fsp3) is 0.538. The van der Waals surface area contributed by atoms with Crippen LogP contribution in [0.1, 0.15) is 115 Å². The highest BCUT2D eigenvalue weighted by atomic mass is 35.5. The third-order valence-electron chi connectivity index (χ3n) is 7.90. The Bertz CT molecular complexity index is 1160. The first kappa shape index (κ1) is 49.8. The third-order valence-corrected chi connectivity index (χ3v) is 8.95. The number of unbranched alkanes of at least 4 members (excludes halogenated alkanes) is 9. The molecule has 0 radical (unpaired) electrons. The standard InChI is InChI=1S/3C13H21ClN2.BH3O3/c3*1-2-3-4-5-8-16-12-7-6-11(10-15)13(14)9-12;2-1(3)4/h3*6-7,9,16H,2-5,8,10,15H2,1H3;2-4H. The van der Waals surface area contributed by atoms with Gasteiger partial charge in [0.1, 0.15) is 0 Å². The van der Waals surface area contributed by atoms with Crippen molar-refractivity contribution in [3.8, 4) is 0 Å². The van der Waals surface area contributed by atoms with Gasteiger partial charge in [0.25, 0.3) is 0 Å². The summed E-state index contributed by atoms with van der Waals surface area (Å²) in [5, 5.41) is 33.9. The first-order chi connectivity index (χ1) is 25.1. The molecule has 0 spiro atoms. The van der Waals surface area contributed by atoms with E-state index in [-0.39, 0.29) is 0 Å². The van der Waals surface area contributed by atoms with Crippen molar-refractivity contribution in [2.45, 2.75) is 117 Å². The molecule has 52 heavy (non-hydrogen) atoms. The zero-order chi connectivity index (χ0) is 39.0. The SMILES string of the molecule is CCCCCCNc1ccc(CN)c(Cl)c1.CCCCCCNc1ccc(CN)c(Cl)c1.CCCCCCNc1ccc(CN)c(Cl)c1.OB(O)O. The third kappa shape index (κ3) is 25.7. The summed E-state index contributed by atoms with van der Waals surface area (Å²) < 4.78 is 0. The van der Waals surface area contributed by atoms with Crippen molar-refractivity contribution in [2.75, 3.05) is 35.6 Å². The minimum absolute atomic E-state index is 0.496. The fourth-order valence-corrected chi connectivity index (χ4v) is 5.60. The van der Waals surface area contributed by atoms with Crippen molar-refractivity contribution in [3.05, 3.63) is 86.4 Å². The summed E-state index contributed by atoms with van der Waals surface area (Å²) in [5.74, 6) is 0.